The molecule has 6 nitrogen and oxygen atoms in total. The average Bonchev–Trinajstić information content (AvgIpc) is 2.92. The summed E-state index contributed by atoms with van der Waals surface area (Å²) in [6.07, 6.45) is -2.75. The molecule has 1 saturated heterocycles. The normalized spacial score (nSPS) is 18.0. The van der Waals surface area contributed by atoms with Crippen LogP contribution in [-0.4, -0.2) is 40.0 Å². The zero-order chi connectivity index (χ0) is 18.9. The summed E-state index contributed by atoms with van der Waals surface area (Å²) in [6.45, 7) is 4.28. The minimum Gasteiger partial charge on any atom is -0.466 e. The highest BCUT2D eigenvalue weighted by atomic mass is 19.4. The second-order valence-corrected chi connectivity index (χ2v) is 6.18. The third-order valence-corrected chi connectivity index (χ3v) is 4.13. The van der Waals surface area contributed by atoms with E-state index in [2.05, 4.69) is 9.97 Å². The lowest BCUT2D eigenvalue weighted by Crippen LogP contribution is -2.44. The molecule has 0 radical (unpaired) electrons. The van der Waals surface area contributed by atoms with Crippen molar-refractivity contribution in [1.82, 2.24) is 14.9 Å². The van der Waals surface area contributed by atoms with Crippen molar-refractivity contribution < 1.29 is 27.1 Å². The Hall–Kier alpha value is -2.58. The first kappa shape index (κ1) is 18.2. The first-order valence-electron chi connectivity index (χ1n) is 8.17. The molecule has 1 unspecified atom stereocenters. The quantitative estimate of drug-likeness (QED) is 0.830. The van der Waals surface area contributed by atoms with E-state index >= 15 is 0 Å². The molecule has 2 aromatic rings. The lowest BCUT2D eigenvalue weighted by Gasteiger charge is -2.32. The van der Waals surface area contributed by atoms with E-state index in [1.165, 1.54) is 0 Å². The number of halogens is 3. The molecule has 0 bridgehead atoms. The van der Waals surface area contributed by atoms with Crippen LogP contribution in [0, 0.1) is 13.8 Å². The molecule has 1 amide bonds. The van der Waals surface area contributed by atoms with Gasteiger partial charge in [0.2, 0.25) is 0 Å². The Kier molecular flexibility index (Phi) is 4.88. The van der Waals surface area contributed by atoms with Gasteiger partial charge < -0.3 is 14.1 Å². The molecule has 0 saturated carbocycles. The van der Waals surface area contributed by atoms with Crippen LogP contribution >= 0.6 is 0 Å². The van der Waals surface area contributed by atoms with E-state index in [-0.39, 0.29) is 18.5 Å². The van der Waals surface area contributed by atoms with Gasteiger partial charge in [0, 0.05) is 12.7 Å². The number of hydrogen-bond donors (Lipinski definition) is 0. The van der Waals surface area contributed by atoms with E-state index in [4.69, 9.17) is 9.15 Å². The van der Waals surface area contributed by atoms with Crippen LogP contribution in [0.1, 0.15) is 40.4 Å². The number of ether oxygens (including phenoxy) is 1. The van der Waals surface area contributed by atoms with Gasteiger partial charge in [-0.3, -0.25) is 4.79 Å². The number of piperidine rings is 1. The molecule has 9 heteroatoms. The van der Waals surface area contributed by atoms with Crippen molar-refractivity contribution in [3.05, 3.63) is 41.1 Å². The van der Waals surface area contributed by atoms with Gasteiger partial charge in [0.05, 0.1) is 12.1 Å². The topological polar surface area (TPSA) is 68.5 Å². The van der Waals surface area contributed by atoms with Crippen LogP contribution in [0.25, 0.3) is 0 Å². The molecular formula is C17H18F3N3O3. The van der Waals surface area contributed by atoms with Crippen molar-refractivity contribution in [1.29, 1.82) is 0 Å². The van der Waals surface area contributed by atoms with Gasteiger partial charge >= 0.3 is 12.2 Å². The van der Waals surface area contributed by atoms with E-state index in [0.717, 1.165) is 12.3 Å². The maximum Gasteiger partial charge on any atom is 0.433 e. The minimum absolute atomic E-state index is 0.183. The molecular weight excluding hydrogens is 351 g/mol. The third kappa shape index (κ3) is 3.97. The standard InChI is InChI=1S/C17H18F3N3O3/c1-10-8-13(11(2)25-10)15(24)23-7-3-4-12(9-23)26-16-21-6-5-14(22-16)17(18,19)20/h5-6,8,12H,3-4,7,9H2,1-2H3. The van der Waals surface area contributed by atoms with Gasteiger partial charge in [-0.2, -0.15) is 18.2 Å². The van der Waals surface area contributed by atoms with Crippen molar-refractivity contribution in [3.8, 4) is 6.01 Å². The molecule has 1 atom stereocenters. The first-order valence-corrected chi connectivity index (χ1v) is 8.17. The van der Waals surface area contributed by atoms with Crippen LogP contribution in [-0.2, 0) is 6.18 Å². The molecule has 0 N–H and O–H groups in total. The smallest absolute Gasteiger partial charge is 0.433 e. The molecule has 26 heavy (non-hydrogen) atoms. The number of carbonyl (C=O) groups excluding carboxylic acids is 1. The molecule has 140 valence electrons. The number of likely N-dealkylation sites (tertiary alicyclic amines) is 1. The number of alkyl halides is 3. The molecule has 1 fully saturated rings. The Morgan fingerprint density at radius 2 is 2.15 bits per heavy atom. The number of carbonyl (C=O) groups is 1. The predicted molar refractivity (Wildman–Crippen MR) is 84.8 cm³/mol. The number of aromatic nitrogens is 2. The molecule has 0 aliphatic carbocycles. The fourth-order valence-corrected chi connectivity index (χ4v) is 2.94. The summed E-state index contributed by atoms with van der Waals surface area (Å²) in [5.41, 5.74) is -0.575. The summed E-state index contributed by atoms with van der Waals surface area (Å²) in [7, 11) is 0. The van der Waals surface area contributed by atoms with Gasteiger partial charge in [-0.05, 0) is 38.8 Å². The SMILES string of the molecule is Cc1cc(C(=O)N2CCCC(Oc3nccc(C(F)(F)F)n3)C2)c(C)o1. The first-order chi connectivity index (χ1) is 12.2. The molecule has 1 aliphatic heterocycles. The monoisotopic (exact) mass is 369 g/mol. The van der Waals surface area contributed by atoms with Crippen LogP contribution in [0.4, 0.5) is 13.2 Å². The molecule has 0 aromatic carbocycles. The van der Waals surface area contributed by atoms with Gasteiger partial charge in [0.15, 0.2) is 5.69 Å². The number of aryl methyl sites for hydroxylation is 2. The van der Waals surface area contributed by atoms with Crippen LogP contribution in [0.5, 0.6) is 6.01 Å². The highest BCUT2D eigenvalue weighted by Crippen LogP contribution is 2.28. The van der Waals surface area contributed by atoms with Crippen molar-refractivity contribution in [2.24, 2.45) is 0 Å². The molecule has 3 heterocycles. The Morgan fingerprint density at radius 1 is 1.38 bits per heavy atom. The zero-order valence-electron chi connectivity index (χ0n) is 14.3. The van der Waals surface area contributed by atoms with E-state index < -0.39 is 18.0 Å². The average molecular weight is 369 g/mol. The summed E-state index contributed by atoms with van der Waals surface area (Å²) in [5, 5.41) is 0. The second-order valence-electron chi connectivity index (χ2n) is 6.18. The second kappa shape index (κ2) is 6.97. The highest BCUT2D eigenvalue weighted by molar-refractivity contribution is 5.95. The lowest BCUT2D eigenvalue weighted by atomic mass is 10.1. The number of hydrogen-bond acceptors (Lipinski definition) is 5. The van der Waals surface area contributed by atoms with Gasteiger partial charge in [-0.25, -0.2) is 4.98 Å². The van der Waals surface area contributed by atoms with Gasteiger partial charge in [-0.1, -0.05) is 0 Å². The number of nitrogens with zero attached hydrogens (tertiary/aromatic N) is 3. The van der Waals surface area contributed by atoms with Crippen LogP contribution in [0.15, 0.2) is 22.7 Å². The largest absolute Gasteiger partial charge is 0.466 e. The maximum absolute atomic E-state index is 12.7. The van der Waals surface area contributed by atoms with Gasteiger partial charge in [0.1, 0.15) is 17.6 Å². The zero-order valence-corrected chi connectivity index (χ0v) is 14.3. The van der Waals surface area contributed by atoms with Crippen molar-refractivity contribution >= 4 is 5.91 Å². The Balaban J connectivity index is 1.69. The van der Waals surface area contributed by atoms with E-state index in [1.807, 2.05) is 0 Å². The van der Waals surface area contributed by atoms with Crippen LogP contribution in [0.2, 0.25) is 0 Å². The molecule has 2 aromatic heterocycles. The van der Waals surface area contributed by atoms with Crippen LogP contribution < -0.4 is 4.74 Å². The molecule has 1 aliphatic rings. The van der Waals surface area contributed by atoms with Crippen molar-refractivity contribution in [2.45, 2.75) is 39.0 Å². The number of furan rings is 1. The lowest BCUT2D eigenvalue weighted by molar-refractivity contribution is -0.141. The van der Waals surface area contributed by atoms with Gasteiger partial charge in [-0.15, -0.1) is 0 Å². The summed E-state index contributed by atoms with van der Waals surface area (Å²) in [6, 6.07) is 2.13. The third-order valence-electron chi connectivity index (χ3n) is 4.13. The van der Waals surface area contributed by atoms with Gasteiger partial charge in [0.25, 0.3) is 5.91 Å². The number of amides is 1. The predicted octanol–water partition coefficient (Wildman–Crippen LogP) is 3.39. The van der Waals surface area contributed by atoms with E-state index in [1.54, 1.807) is 24.8 Å². The summed E-state index contributed by atoms with van der Waals surface area (Å²) in [4.78, 5) is 21.4. The maximum atomic E-state index is 12.7. The Bertz CT molecular complexity index is 804. The number of rotatable bonds is 3. The summed E-state index contributed by atoms with van der Waals surface area (Å²) >= 11 is 0. The fraction of sp³-hybridized carbons (Fsp3) is 0.471. The van der Waals surface area contributed by atoms with E-state index in [9.17, 15) is 18.0 Å². The Labute approximate surface area is 148 Å². The molecule has 3 rings (SSSR count). The fourth-order valence-electron chi connectivity index (χ4n) is 2.94. The summed E-state index contributed by atoms with van der Waals surface area (Å²) in [5.74, 6) is 1.00. The minimum atomic E-state index is -4.56. The van der Waals surface area contributed by atoms with Crippen LogP contribution in [0.3, 0.4) is 0 Å². The Morgan fingerprint density at radius 3 is 2.81 bits per heavy atom. The van der Waals surface area contributed by atoms with Crippen molar-refractivity contribution in [2.75, 3.05) is 13.1 Å². The molecule has 0 spiro atoms. The highest BCUT2D eigenvalue weighted by Gasteiger charge is 2.34. The van der Waals surface area contributed by atoms with Crippen molar-refractivity contribution in [3.63, 3.8) is 0 Å². The summed E-state index contributed by atoms with van der Waals surface area (Å²) < 4.78 is 49.1. The van der Waals surface area contributed by atoms with E-state index in [0.29, 0.717) is 36.5 Å².